The van der Waals surface area contributed by atoms with Crippen LogP contribution >= 0.6 is 12.6 Å². The van der Waals surface area contributed by atoms with Crippen molar-refractivity contribution in [3.63, 3.8) is 0 Å². The first-order chi connectivity index (χ1) is 8.25. The number of carbonyl (C=O) groups is 1. The highest BCUT2D eigenvalue weighted by atomic mass is 32.1. The van der Waals surface area contributed by atoms with E-state index < -0.39 is 0 Å². The van der Waals surface area contributed by atoms with Gasteiger partial charge in [0.15, 0.2) is 0 Å². The summed E-state index contributed by atoms with van der Waals surface area (Å²) < 4.78 is 0. The summed E-state index contributed by atoms with van der Waals surface area (Å²) in [5.74, 6) is 0.106. The molecule has 2 rings (SSSR count). The highest BCUT2D eigenvalue weighted by Gasteiger charge is 2.19. The maximum absolute atomic E-state index is 11.9. The Kier molecular flexibility index (Phi) is 4.45. The van der Waals surface area contributed by atoms with Gasteiger partial charge in [-0.25, -0.2) is 0 Å². The number of benzene rings is 1. The van der Waals surface area contributed by atoms with Crippen LogP contribution in [0.4, 0.5) is 0 Å². The highest BCUT2D eigenvalue weighted by molar-refractivity contribution is 7.80. The predicted octanol–water partition coefficient (Wildman–Crippen LogP) is 1.73. The molecule has 1 amide bonds. The number of amides is 1. The maximum atomic E-state index is 11.9. The number of hydrogen-bond donors (Lipinski definition) is 3. The second-order valence-corrected chi connectivity index (χ2v) is 4.91. The van der Waals surface area contributed by atoms with Gasteiger partial charge >= 0.3 is 0 Å². The molecule has 17 heavy (non-hydrogen) atoms. The third kappa shape index (κ3) is 3.75. The maximum Gasteiger partial charge on any atom is 0.237 e. The van der Waals surface area contributed by atoms with Crippen LogP contribution in [0.25, 0.3) is 0 Å². The molecule has 4 heteroatoms. The molecular weight excluding hydrogens is 232 g/mol. The minimum Gasteiger partial charge on any atom is -0.351 e. The van der Waals surface area contributed by atoms with E-state index in [1.54, 1.807) is 0 Å². The monoisotopic (exact) mass is 250 g/mol. The summed E-state index contributed by atoms with van der Waals surface area (Å²) in [5.41, 5.74) is 1.08. The van der Waals surface area contributed by atoms with E-state index in [-0.39, 0.29) is 11.9 Å². The fourth-order valence-corrected chi connectivity index (χ4v) is 2.31. The number of thiol groups is 1. The van der Waals surface area contributed by atoms with Crippen LogP contribution in [0.2, 0.25) is 0 Å². The van der Waals surface area contributed by atoms with Crippen molar-refractivity contribution in [1.29, 1.82) is 0 Å². The van der Waals surface area contributed by atoms with Crippen LogP contribution in [-0.2, 0) is 11.3 Å². The zero-order valence-corrected chi connectivity index (χ0v) is 10.7. The molecule has 0 radical (unpaired) electrons. The largest absolute Gasteiger partial charge is 0.351 e. The van der Waals surface area contributed by atoms with Gasteiger partial charge in [0.25, 0.3) is 0 Å². The lowest BCUT2D eigenvalue weighted by molar-refractivity contribution is -0.123. The molecule has 0 bridgehead atoms. The van der Waals surface area contributed by atoms with E-state index in [2.05, 4.69) is 23.3 Å². The first kappa shape index (κ1) is 12.5. The van der Waals surface area contributed by atoms with Gasteiger partial charge in [0.2, 0.25) is 5.91 Å². The molecule has 1 saturated heterocycles. The van der Waals surface area contributed by atoms with Gasteiger partial charge in [-0.2, -0.15) is 0 Å². The summed E-state index contributed by atoms with van der Waals surface area (Å²) in [7, 11) is 0. The van der Waals surface area contributed by atoms with Crippen LogP contribution in [0, 0.1) is 0 Å². The van der Waals surface area contributed by atoms with E-state index in [1.807, 2.05) is 24.3 Å². The lowest BCUT2D eigenvalue weighted by Crippen LogP contribution is -2.46. The molecule has 1 fully saturated rings. The smallest absolute Gasteiger partial charge is 0.237 e. The zero-order chi connectivity index (χ0) is 12.1. The van der Waals surface area contributed by atoms with Gasteiger partial charge < -0.3 is 10.6 Å². The summed E-state index contributed by atoms with van der Waals surface area (Å²) in [4.78, 5) is 12.8. The fraction of sp³-hybridized carbons (Fsp3) is 0.462. The molecule has 0 spiro atoms. The van der Waals surface area contributed by atoms with Crippen LogP contribution in [-0.4, -0.2) is 18.5 Å². The lowest BCUT2D eigenvalue weighted by atomic mass is 10.0. The molecule has 0 saturated carbocycles. The van der Waals surface area contributed by atoms with Crippen molar-refractivity contribution < 1.29 is 4.79 Å². The molecular formula is C13H18N2OS. The van der Waals surface area contributed by atoms with Crippen molar-refractivity contribution in [3.05, 3.63) is 29.8 Å². The average molecular weight is 250 g/mol. The Balaban J connectivity index is 1.83. The zero-order valence-electron chi connectivity index (χ0n) is 9.78. The Labute approximate surface area is 107 Å². The standard InChI is InChI=1S/C13H18N2OS/c16-13(12-6-1-2-7-14-12)15-9-10-4-3-5-11(17)8-10/h3-5,8,12,14,17H,1-2,6-7,9H2,(H,15,16). The van der Waals surface area contributed by atoms with Gasteiger partial charge in [-0.05, 0) is 37.1 Å². The van der Waals surface area contributed by atoms with Crippen molar-refractivity contribution in [1.82, 2.24) is 10.6 Å². The van der Waals surface area contributed by atoms with Gasteiger partial charge in [-0.15, -0.1) is 12.6 Å². The van der Waals surface area contributed by atoms with Crippen LogP contribution < -0.4 is 10.6 Å². The second kappa shape index (κ2) is 6.07. The molecule has 1 atom stereocenters. The van der Waals surface area contributed by atoms with Crippen LogP contribution in [0.1, 0.15) is 24.8 Å². The van der Waals surface area contributed by atoms with Crippen molar-refractivity contribution in [2.24, 2.45) is 0 Å². The van der Waals surface area contributed by atoms with Crippen LogP contribution in [0.15, 0.2) is 29.2 Å². The van der Waals surface area contributed by atoms with Crippen LogP contribution in [0.3, 0.4) is 0 Å². The quantitative estimate of drug-likeness (QED) is 0.715. The molecule has 92 valence electrons. The minimum absolute atomic E-state index is 0.0112. The molecule has 1 aromatic rings. The van der Waals surface area contributed by atoms with E-state index in [1.165, 1.54) is 6.42 Å². The van der Waals surface area contributed by atoms with E-state index in [0.717, 1.165) is 29.8 Å². The Morgan fingerprint density at radius 3 is 3.06 bits per heavy atom. The van der Waals surface area contributed by atoms with Crippen molar-refractivity contribution in [2.45, 2.75) is 36.7 Å². The SMILES string of the molecule is O=C(NCc1cccc(S)c1)C1CCCCN1. The third-order valence-corrected chi connectivity index (χ3v) is 3.28. The minimum atomic E-state index is -0.0112. The Hall–Kier alpha value is -1.00. The van der Waals surface area contributed by atoms with Gasteiger partial charge in [0, 0.05) is 11.4 Å². The third-order valence-electron chi connectivity index (χ3n) is 3.00. The molecule has 2 N–H and O–H groups in total. The first-order valence-corrected chi connectivity index (χ1v) is 6.49. The molecule has 1 aliphatic heterocycles. The number of carbonyl (C=O) groups excluding carboxylic acids is 1. The molecule has 1 aromatic carbocycles. The van der Waals surface area contributed by atoms with E-state index in [0.29, 0.717) is 6.54 Å². The molecule has 3 nitrogen and oxygen atoms in total. The summed E-state index contributed by atoms with van der Waals surface area (Å²) in [5, 5.41) is 6.20. The van der Waals surface area contributed by atoms with Gasteiger partial charge in [-0.3, -0.25) is 4.79 Å². The summed E-state index contributed by atoms with van der Waals surface area (Å²) in [6.07, 6.45) is 3.25. The first-order valence-electron chi connectivity index (χ1n) is 6.05. The van der Waals surface area contributed by atoms with Crippen molar-refractivity contribution in [3.8, 4) is 0 Å². The highest BCUT2D eigenvalue weighted by Crippen LogP contribution is 2.10. The number of hydrogen-bond acceptors (Lipinski definition) is 3. The van der Waals surface area contributed by atoms with E-state index >= 15 is 0 Å². The molecule has 1 unspecified atom stereocenters. The number of nitrogens with one attached hydrogen (secondary N) is 2. The topological polar surface area (TPSA) is 41.1 Å². The van der Waals surface area contributed by atoms with E-state index in [4.69, 9.17) is 0 Å². The predicted molar refractivity (Wildman–Crippen MR) is 71.2 cm³/mol. The summed E-state index contributed by atoms with van der Waals surface area (Å²) in [6, 6.07) is 7.83. The Bertz CT molecular complexity index is 389. The second-order valence-electron chi connectivity index (χ2n) is 4.39. The average Bonchev–Trinajstić information content (AvgIpc) is 2.37. The summed E-state index contributed by atoms with van der Waals surface area (Å²) in [6.45, 7) is 1.52. The van der Waals surface area contributed by atoms with Crippen molar-refractivity contribution >= 4 is 18.5 Å². The normalized spacial score (nSPS) is 19.9. The molecule has 0 aliphatic carbocycles. The van der Waals surface area contributed by atoms with E-state index in [9.17, 15) is 4.79 Å². The van der Waals surface area contributed by atoms with Crippen LogP contribution in [0.5, 0.6) is 0 Å². The Morgan fingerprint density at radius 2 is 2.35 bits per heavy atom. The van der Waals surface area contributed by atoms with Crippen molar-refractivity contribution in [2.75, 3.05) is 6.54 Å². The molecule has 0 aromatic heterocycles. The summed E-state index contributed by atoms with van der Waals surface area (Å²) >= 11 is 4.28. The molecule has 1 heterocycles. The Morgan fingerprint density at radius 1 is 1.47 bits per heavy atom. The van der Waals surface area contributed by atoms with Gasteiger partial charge in [-0.1, -0.05) is 18.6 Å². The number of piperidine rings is 1. The number of rotatable bonds is 3. The van der Waals surface area contributed by atoms with Gasteiger partial charge in [0.1, 0.15) is 0 Å². The lowest BCUT2D eigenvalue weighted by Gasteiger charge is -2.22. The van der Waals surface area contributed by atoms with Gasteiger partial charge in [0.05, 0.1) is 6.04 Å². The molecule has 1 aliphatic rings. The fourth-order valence-electron chi connectivity index (χ4n) is 2.05.